The lowest BCUT2D eigenvalue weighted by Crippen LogP contribution is -2.39. The van der Waals surface area contributed by atoms with E-state index in [9.17, 15) is 4.79 Å². The highest BCUT2D eigenvalue weighted by atomic mass is 16.2. The standard InChI is InChI=1S/C15H22N6O/c1-15(2,10-16)11-20(3)14(22)13-9-21(19-18-13)8-12-6-4-5-7-17-12/h4-7,9H,8,10-11,16H2,1-3H3. The molecule has 0 radical (unpaired) electrons. The summed E-state index contributed by atoms with van der Waals surface area (Å²) in [6.45, 7) is 5.61. The van der Waals surface area contributed by atoms with E-state index >= 15 is 0 Å². The van der Waals surface area contributed by atoms with Crippen LogP contribution < -0.4 is 5.73 Å². The van der Waals surface area contributed by atoms with Gasteiger partial charge in [-0.25, -0.2) is 4.68 Å². The quantitative estimate of drug-likeness (QED) is 0.851. The third-order valence-electron chi connectivity index (χ3n) is 3.37. The number of rotatable bonds is 6. The van der Waals surface area contributed by atoms with Gasteiger partial charge >= 0.3 is 0 Å². The predicted octanol–water partition coefficient (Wildman–Crippen LogP) is 0.778. The van der Waals surface area contributed by atoms with Gasteiger partial charge in [-0.05, 0) is 24.1 Å². The van der Waals surface area contributed by atoms with Crippen LogP contribution in [0.4, 0.5) is 0 Å². The van der Waals surface area contributed by atoms with Gasteiger partial charge in [0.15, 0.2) is 5.69 Å². The van der Waals surface area contributed by atoms with Crippen molar-refractivity contribution in [1.29, 1.82) is 0 Å². The Kier molecular flexibility index (Phi) is 4.87. The molecule has 7 heteroatoms. The molecule has 118 valence electrons. The molecular formula is C15H22N6O. The summed E-state index contributed by atoms with van der Waals surface area (Å²) in [6.07, 6.45) is 3.37. The lowest BCUT2D eigenvalue weighted by atomic mass is 9.93. The first kappa shape index (κ1) is 16.1. The molecule has 1 amide bonds. The molecule has 0 aliphatic heterocycles. The Balaban J connectivity index is 2.03. The fourth-order valence-electron chi connectivity index (χ4n) is 2.11. The van der Waals surface area contributed by atoms with E-state index in [1.807, 2.05) is 32.0 Å². The van der Waals surface area contributed by atoms with E-state index in [-0.39, 0.29) is 11.3 Å². The van der Waals surface area contributed by atoms with Crippen LogP contribution in [0.1, 0.15) is 30.0 Å². The zero-order valence-electron chi connectivity index (χ0n) is 13.2. The van der Waals surface area contributed by atoms with Crippen LogP contribution in [0.25, 0.3) is 0 Å². The van der Waals surface area contributed by atoms with Crippen LogP contribution in [0.2, 0.25) is 0 Å². The van der Waals surface area contributed by atoms with Gasteiger partial charge in [0, 0.05) is 19.8 Å². The van der Waals surface area contributed by atoms with Crippen molar-refractivity contribution in [1.82, 2.24) is 24.9 Å². The summed E-state index contributed by atoms with van der Waals surface area (Å²) in [5.74, 6) is -0.159. The Hall–Kier alpha value is -2.28. The van der Waals surface area contributed by atoms with E-state index < -0.39 is 0 Å². The fourth-order valence-corrected chi connectivity index (χ4v) is 2.11. The molecule has 2 aromatic rings. The number of amides is 1. The van der Waals surface area contributed by atoms with Crippen LogP contribution in [-0.2, 0) is 6.54 Å². The van der Waals surface area contributed by atoms with Crippen LogP contribution in [0.5, 0.6) is 0 Å². The lowest BCUT2D eigenvalue weighted by Gasteiger charge is -2.28. The molecule has 0 bridgehead atoms. The average Bonchev–Trinajstić information content (AvgIpc) is 2.95. The zero-order chi connectivity index (χ0) is 16.2. The summed E-state index contributed by atoms with van der Waals surface area (Å²) < 4.78 is 1.61. The van der Waals surface area contributed by atoms with Crippen molar-refractivity contribution >= 4 is 5.91 Å². The largest absolute Gasteiger partial charge is 0.340 e. The van der Waals surface area contributed by atoms with E-state index in [0.29, 0.717) is 25.3 Å². The number of nitrogens with zero attached hydrogens (tertiary/aromatic N) is 5. The molecule has 0 fully saturated rings. The van der Waals surface area contributed by atoms with Crippen LogP contribution in [0, 0.1) is 5.41 Å². The molecular weight excluding hydrogens is 280 g/mol. The van der Waals surface area contributed by atoms with Crippen molar-refractivity contribution in [2.45, 2.75) is 20.4 Å². The monoisotopic (exact) mass is 302 g/mol. The van der Waals surface area contributed by atoms with Crippen molar-refractivity contribution in [3.8, 4) is 0 Å². The van der Waals surface area contributed by atoms with Gasteiger partial charge in [-0.2, -0.15) is 0 Å². The molecule has 2 heterocycles. The van der Waals surface area contributed by atoms with Crippen molar-refractivity contribution in [3.05, 3.63) is 42.0 Å². The minimum atomic E-state index is -0.159. The Labute approximate surface area is 130 Å². The second kappa shape index (κ2) is 6.65. The van der Waals surface area contributed by atoms with Gasteiger partial charge in [0.05, 0.1) is 18.4 Å². The molecule has 0 unspecified atom stereocenters. The Morgan fingerprint density at radius 1 is 1.41 bits per heavy atom. The smallest absolute Gasteiger partial charge is 0.275 e. The van der Waals surface area contributed by atoms with Crippen LogP contribution in [0.3, 0.4) is 0 Å². The van der Waals surface area contributed by atoms with E-state index in [1.165, 1.54) is 0 Å². The molecule has 0 saturated carbocycles. The first-order valence-electron chi connectivity index (χ1n) is 7.17. The highest BCUT2D eigenvalue weighted by Crippen LogP contribution is 2.15. The summed E-state index contributed by atoms with van der Waals surface area (Å²) in [7, 11) is 1.75. The highest BCUT2D eigenvalue weighted by molar-refractivity contribution is 5.91. The number of hydrogen-bond donors (Lipinski definition) is 1. The maximum Gasteiger partial charge on any atom is 0.275 e. The van der Waals surface area contributed by atoms with E-state index in [0.717, 1.165) is 5.69 Å². The van der Waals surface area contributed by atoms with Gasteiger partial charge in [0.25, 0.3) is 5.91 Å². The predicted molar refractivity (Wildman–Crippen MR) is 83.2 cm³/mol. The maximum atomic E-state index is 12.4. The SMILES string of the molecule is CN(CC(C)(C)CN)C(=O)c1cn(Cc2ccccn2)nn1. The van der Waals surface area contributed by atoms with Gasteiger partial charge in [0.2, 0.25) is 0 Å². The first-order chi connectivity index (χ1) is 10.4. The van der Waals surface area contributed by atoms with Crippen molar-refractivity contribution < 1.29 is 4.79 Å². The third kappa shape index (κ3) is 4.11. The topological polar surface area (TPSA) is 89.9 Å². The second-order valence-electron chi connectivity index (χ2n) is 6.15. The molecule has 0 atom stereocenters. The molecule has 2 N–H and O–H groups in total. The van der Waals surface area contributed by atoms with Crippen molar-refractivity contribution in [3.63, 3.8) is 0 Å². The normalized spacial score (nSPS) is 11.5. The Morgan fingerprint density at radius 2 is 2.18 bits per heavy atom. The zero-order valence-corrected chi connectivity index (χ0v) is 13.2. The second-order valence-corrected chi connectivity index (χ2v) is 6.15. The number of carbonyl (C=O) groups excluding carboxylic acids is 1. The molecule has 0 aliphatic rings. The number of pyridine rings is 1. The minimum Gasteiger partial charge on any atom is -0.340 e. The molecule has 2 rings (SSSR count). The number of carbonyl (C=O) groups is 1. The number of aromatic nitrogens is 4. The van der Waals surface area contributed by atoms with Crippen LogP contribution in [-0.4, -0.2) is 50.9 Å². The van der Waals surface area contributed by atoms with Crippen molar-refractivity contribution in [2.24, 2.45) is 11.1 Å². The lowest BCUT2D eigenvalue weighted by molar-refractivity contribution is 0.0734. The summed E-state index contributed by atoms with van der Waals surface area (Å²) >= 11 is 0. The summed E-state index contributed by atoms with van der Waals surface area (Å²) in [5.41, 5.74) is 6.77. The highest BCUT2D eigenvalue weighted by Gasteiger charge is 2.23. The van der Waals surface area contributed by atoms with E-state index in [1.54, 1.807) is 29.0 Å². The van der Waals surface area contributed by atoms with Gasteiger partial charge in [-0.1, -0.05) is 25.1 Å². The molecule has 0 spiro atoms. The summed E-state index contributed by atoms with van der Waals surface area (Å²) in [6, 6.07) is 5.67. The minimum absolute atomic E-state index is 0.131. The van der Waals surface area contributed by atoms with E-state index in [2.05, 4.69) is 15.3 Å². The Bertz CT molecular complexity index is 622. The van der Waals surface area contributed by atoms with Crippen LogP contribution >= 0.6 is 0 Å². The Morgan fingerprint density at radius 3 is 2.82 bits per heavy atom. The summed E-state index contributed by atoms with van der Waals surface area (Å²) in [5, 5.41) is 7.94. The summed E-state index contributed by atoms with van der Waals surface area (Å²) in [4.78, 5) is 18.2. The third-order valence-corrected chi connectivity index (χ3v) is 3.37. The molecule has 0 saturated heterocycles. The van der Waals surface area contributed by atoms with Crippen molar-refractivity contribution in [2.75, 3.05) is 20.1 Å². The first-order valence-corrected chi connectivity index (χ1v) is 7.17. The van der Waals surface area contributed by atoms with Gasteiger partial charge in [-0.3, -0.25) is 9.78 Å². The molecule has 2 aromatic heterocycles. The average molecular weight is 302 g/mol. The van der Waals surface area contributed by atoms with Gasteiger partial charge in [-0.15, -0.1) is 5.10 Å². The number of nitrogens with two attached hydrogens (primary N) is 1. The fraction of sp³-hybridized carbons (Fsp3) is 0.467. The van der Waals surface area contributed by atoms with Gasteiger partial charge < -0.3 is 10.6 Å². The van der Waals surface area contributed by atoms with Crippen LogP contribution in [0.15, 0.2) is 30.6 Å². The molecule has 7 nitrogen and oxygen atoms in total. The maximum absolute atomic E-state index is 12.4. The molecule has 22 heavy (non-hydrogen) atoms. The number of hydrogen-bond acceptors (Lipinski definition) is 5. The molecule has 0 aromatic carbocycles. The molecule has 0 aliphatic carbocycles. The van der Waals surface area contributed by atoms with E-state index in [4.69, 9.17) is 5.73 Å². The van der Waals surface area contributed by atoms with Gasteiger partial charge in [0.1, 0.15) is 0 Å².